The molecule has 0 saturated heterocycles. The molecule has 2 aliphatic rings. The lowest BCUT2D eigenvalue weighted by Crippen LogP contribution is -2.47. The van der Waals surface area contributed by atoms with Gasteiger partial charge in [0.05, 0.1) is 5.92 Å². The molecule has 5 atom stereocenters. The number of amides is 1. The van der Waals surface area contributed by atoms with Gasteiger partial charge in [0.1, 0.15) is 24.3 Å². The number of ether oxygens (including phenoxy) is 1. The first-order chi connectivity index (χ1) is 11.0. The summed E-state index contributed by atoms with van der Waals surface area (Å²) in [5.41, 5.74) is 6.14. The lowest BCUT2D eigenvalue weighted by atomic mass is 9.84. The number of carbonyl (C=O) groups is 1. The summed E-state index contributed by atoms with van der Waals surface area (Å²) >= 11 is 0. The molecule has 1 aromatic rings. The van der Waals surface area contributed by atoms with Crippen molar-refractivity contribution in [2.45, 2.75) is 31.4 Å². The third kappa shape index (κ3) is 3.64. The molecule has 2 saturated carbocycles. The van der Waals surface area contributed by atoms with Gasteiger partial charge in [0.2, 0.25) is 5.91 Å². The molecule has 23 heavy (non-hydrogen) atoms. The molecule has 3 rings (SSSR count). The average molecular weight is 322 g/mol. The maximum absolute atomic E-state index is 12.8. The van der Waals surface area contributed by atoms with Crippen LogP contribution in [0.1, 0.15) is 19.3 Å². The molecule has 1 amide bonds. The van der Waals surface area contributed by atoms with Crippen molar-refractivity contribution in [2.24, 2.45) is 23.5 Å². The van der Waals surface area contributed by atoms with Crippen molar-refractivity contribution < 1.29 is 19.0 Å². The Balaban J connectivity index is 1.41. The molecular weight excluding hydrogens is 299 g/mol. The van der Waals surface area contributed by atoms with E-state index in [1.807, 2.05) is 0 Å². The number of rotatable bonds is 6. The van der Waals surface area contributed by atoms with E-state index < -0.39 is 6.10 Å². The highest BCUT2D eigenvalue weighted by molar-refractivity contribution is 5.80. The topological polar surface area (TPSA) is 84.6 Å². The van der Waals surface area contributed by atoms with Gasteiger partial charge in [0.25, 0.3) is 0 Å². The van der Waals surface area contributed by atoms with E-state index in [4.69, 9.17) is 10.5 Å². The molecule has 2 bridgehead atoms. The lowest BCUT2D eigenvalue weighted by molar-refractivity contribution is -0.127. The van der Waals surface area contributed by atoms with Crippen LogP contribution in [0.3, 0.4) is 0 Å². The maximum atomic E-state index is 12.8. The predicted molar refractivity (Wildman–Crippen MR) is 83.2 cm³/mol. The molecular formula is C17H23FN2O3. The van der Waals surface area contributed by atoms with Crippen LogP contribution in [0.2, 0.25) is 0 Å². The molecule has 6 heteroatoms. The molecule has 1 aromatic carbocycles. The summed E-state index contributed by atoms with van der Waals surface area (Å²) in [6, 6.07) is 5.52. The van der Waals surface area contributed by atoms with Gasteiger partial charge in [-0.25, -0.2) is 4.39 Å². The third-order valence-electron chi connectivity index (χ3n) is 5.05. The number of nitrogens with one attached hydrogen (secondary N) is 1. The van der Waals surface area contributed by atoms with Crippen molar-refractivity contribution in [2.75, 3.05) is 13.2 Å². The Morgan fingerprint density at radius 2 is 2.04 bits per heavy atom. The summed E-state index contributed by atoms with van der Waals surface area (Å²) in [7, 11) is 0. The summed E-state index contributed by atoms with van der Waals surface area (Å²) in [6.07, 6.45) is 2.44. The van der Waals surface area contributed by atoms with Crippen LogP contribution < -0.4 is 15.8 Å². The van der Waals surface area contributed by atoms with Crippen molar-refractivity contribution in [3.8, 4) is 5.75 Å². The molecule has 0 aliphatic heterocycles. The highest BCUT2D eigenvalue weighted by atomic mass is 19.1. The Kier molecular flexibility index (Phi) is 4.82. The van der Waals surface area contributed by atoms with Gasteiger partial charge in [-0.3, -0.25) is 4.79 Å². The van der Waals surface area contributed by atoms with Gasteiger partial charge in [-0.2, -0.15) is 0 Å². The van der Waals surface area contributed by atoms with Crippen molar-refractivity contribution >= 4 is 5.91 Å². The van der Waals surface area contributed by atoms with E-state index in [9.17, 15) is 14.3 Å². The highest BCUT2D eigenvalue weighted by Gasteiger charge is 2.48. The predicted octanol–water partition coefficient (Wildman–Crippen LogP) is 1.05. The van der Waals surface area contributed by atoms with E-state index >= 15 is 0 Å². The van der Waals surface area contributed by atoms with Crippen LogP contribution in [0.5, 0.6) is 5.75 Å². The first kappa shape index (κ1) is 16.2. The summed E-state index contributed by atoms with van der Waals surface area (Å²) < 4.78 is 18.1. The van der Waals surface area contributed by atoms with Crippen LogP contribution in [-0.4, -0.2) is 36.3 Å². The van der Waals surface area contributed by atoms with Crippen LogP contribution in [0.4, 0.5) is 4.39 Å². The number of halogens is 1. The normalized spacial score (nSPS) is 30.2. The SMILES string of the molecule is NC1C2CCC(C2)C1C(=O)NCC(O)COc1ccc(F)cc1. The van der Waals surface area contributed by atoms with E-state index in [1.54, 1.807) is 0 Å². The average Bonchev–Trinajstić information content (AvgIpc) is 3.13. The van der Waals surface area contributed by atoms with E-state index in [0.717, 1.165) is 19.3 Å². The number of nitrogens with two attached hydrogens (primary N) is 1. The zero-order valence-electron chi connectivity index (χ0n) is 13.0. The van der Waals surface area contributed by atoms with Crippen molar-refractivity contribution in [3.63, 3.8) is 0 Å². The number of carbonyl (C=O) groups excluding carboxylic acids is 1. The molecule has 2 aliphatic carbocycles. The first-order valence-electron chi connectivity index (χ1n) is 8.14. The number of fused-ring (bicyclic) bond motifs is 2. The number of hydrogen-bond acceptors (Lipinski definition) is 4. The fourth-order valence-corrected chi connectivity index (χ4v) is 3.84. The molecule has 5 unspecified atom stereocenters. The second-order valence-electron chi connectivity index (χ2n) is 6.60. The Morgan fingerprint density at radius 1 is 1.35 bits per heavy atom. The molecule has 2 fully saturated rings. The lowest BCUT2D eigenvalue weighted by Gasteiger charge is -2.27. The zero-order valence-corrected chi connectivity index (χ0v) is 13.0. The van der Waals surface area contributed by atoms with Gasteiger partial charge in [-0.05, 0) is 55.4 Å². The van der Waals surface area contributed by atoms with Crippen LogP contribution in [0.15, 0.2) is 24.3 Å². The second kappa shape index (κ2) is 6.84. The number of aliphatic hydroxyl groups is 1. The highest BCUT2D eigenvalue weighted by Crippen LogP contribution is 2.47. The standard InChI is InChI=1S/C17H23FN2O3/c18-12-3-5-14(6-4-12)23-9-13(21)8-20-17(22)15-10-1-2-11(7-10)16(15)19/h3-6,10-11,13,15-16,21H,1-2,7-9,19H2,(H,20,22). The van der Waals surface area contributed by atoms with Crippen LogP contribution >= 0.6 is 0 Å². The van der Waals surface area contributed by atoms with Gasteiger partial charge in [0.15, 0.2) is 0 Å². The molecule has 126 valence electrons. The fraction of sp³-hybridized carbons (Fsp3) is 0.588. The van der Waals surface area contributed by atoms with Crippen molar-refractivity contribution in [3.05, 3.63) is 30.1 Å². The minimum absolute atomic E-state index is 0.0364. The number of aliphatic hydroxyl groups excluding tert-OH is 1. The van der Waals surface area contributed by atoms with Gasteiger partial charge < -0.3 is 20.9 Å². The van der Waals surface area contributed by atoms with Crippen LogP contribution in [-0.2, 0) is 4.79 Å². The van der Waals surface area contributed by atoms with E-state index in [2.05, 4.69) is 5.32 Å². The Hall–Kier alpha value is -1.66. The second-order valence-corrected chi connectivity index (χ2v) is 6.60. The van der Waals surface area contributed by atoms with Crippen molar-refractivity contribution in [1.29, 1.82) is 0 Å². The smallest absolute Gasteiger partial charge is 0.225 e. The number of benzene rings is 1. The van der Waals surface area contributed by atoms with Gasteiger partial charge in [0, 0.05) is 12.6 Å². The molecule has 0 heterocycles. The van der Waals surface area contributed by atoms with E-state index in [0.29, 0.717) is 17.6 Å². The van der Waals surface area contributed by atoms with Gasteiger partial charge >= 0.3 is 0 Å². The summed E-state index contributed by atoms with van der Waals surface area (Å²) in [4.78, 5) is 12.3. The van der Waals surface area contributed by atoms with Gasteiger partial charge in [-0.15, -0.1) is 0 Å². The Morgan fingerprint density at radius 3 is 2.70 bits per heavy atom. The molecule has 0 aromatic heterocycles. The maximum Gasteiger partial charge on any atom is 0.225 e. The zero-order chi connectivity index (χ0) is 16.4. The number of hydrogen-bond donors (Lipinski definition) is 3. The monoisotopic (exact) mass is 322 g/mol. The van der Waals surface area contributed by atoms with Crippen LogP contribution in [0, 0.1) is 23.6 Å². The minimum atomic E-state index is -0.821. The molecule has 5 nitrogen and oxygen atoms in total. The summed E-state index contributed by atoms with van der Waals surface area (Å²) in [6.45, 7) is 0.162. The Labute approximate surface area is 135 Å². The summed E-state index contributed by atoms with van der Waals surface area (Å²) in [5.74, 6) is 0.814. The Bertz CT molecular complexity index is 549. The first-order valence-corrected chi connectivity index (χ1v) is 8.14. The van der Waals surface area contributed by atoms with Gasteiger partial charge in [-0.1, -0.05) is 0 Å². The third-order valence-corrected chi connectivity index (χ3v) is 5.05. The fourth-order valence-electron chi connectivity index (χ4n) is 3.84. The quantitative estimate of drug-likeness (QED) is 0.731. The molecule has 0 spiro atoms. The minimum Gasteiger partial charge on any atom is -0.491 e. The van der Waals surface area contributed by atoms with Crippen molar-refractivity contribution in [1.82, 2.24) is 5.32 Å². The largest absolute Gasteiger partial charge is 0.491 e. The molecule has 0 radical (unpaired) electrons. The van der Waals surface area contributed by atoms with Crippen LogP contribution in [0.25, 0.3) is 0 Å². The van der Waals surface area contributed by atoms with E-state index in [1.165, 1.54) is 24.3 Å². The summed E-state index contributed by atoms with van der Waals surface area (Å²) in [5, 5.41) is 12.7. The van der Waals surface area contributed by atoms with E-state index in [-0.39, 0.29) is 36.8 Å². The molecule has 4 N–H and O–H groups in total.